The molecule has 0 spiro atoms. The molecule has 0 radical (unpaired) electrons. The highest BCUT2D eigenvalue weighted by atomic mass is 15.1. The van der Waals surface area contributed by atoms with Crippen LogP contribution in [-0.2, 0) is 0 Å². The highest BCUT2D eigenvalue weighted by Gasteiger charge is 2.17. The van der Waals surface area contributed by atoms with Gasteiger partial charge >= 0.3 is 0 Å². The Balaban J connectivity index is 2.91. The average Bonchev–Trinajstić information content (AvgIpc) is 2.26. The van der Waals surface area contributed by atoms with E-state index < -0.39 is 0 Å². The first-order valence-electron chi connectivity index (χ1n) is 7.30. The molecule has 1 rings (SSSR count). The van der Waals surface area contributed by atoms with E-state index in [1.807, 2.05) is 7.05 Å². The van der Waals surface area contributed by atoms with E-state index in [0.717, 1.165) is 13.1 Å². The summed E-state index contributed by atoms with van der Waals surface area (Å²) in [5.41, 5.74) is 5.51. The van der Waals surface area contributed by atoms with Gasteiger partial charge in [0.05, 0.1) is 0 Å². The lowest BCUT2D eigenvalue weighted by Gasteiger charge is -2.30. The highest BCUT2D eigenvalue weighted by molar-refractivity contribution is 5.59. The van der Waals surface area contributed by atoms with Crippen LogP contribution in [0.2, 0.25) is 0 Å². The van der Waals surface area contributed by atoms with E-state index in [1.165, 1.54) is 22.4 Å². The van der Waals surface area contributed by atoms with Crippen LogP contribution in [-0.4, -0.2) is 27.2 Å². The molecule has 0 fully saturated rings. The minimum atomic E-state index is 0.676. The summed E-state index contributed by atoms with van der Waals surface area (Å²) in [6.45, 7) is 13.4. The van der Waals surface area contributed by atoms with E-state index in [2.05, 4.69) is 64.0 Å². The van der Waals surface area contributed by atoms with Crippen LogP contribution >= 0.6 is 0 Å². The van der Waals surface area contributed by atoms with Gasteiger partial charge in [-0.05, 0) is 57.3 Å². The molecular formula is C17H30N2. The number of nitrogens with one attached hydrogen (secondary N) is 1. The largest absolute Gasteiger partial charge is 0.374 e. The van der Waals surface area contributed by atoms with Gasteiger partial charge in [0.1, 0.15) is 0 Å². The smallest absolute Gasteiger partial charge is 0.0423 e. The molecule has 1 unspecified atom stereocenters. The minimum absolute atomic E-state index is 0.676. The Kier molecular flexibility index (Phi) is 5.86. The molecule has 0 saturated heterocycles. The number of benzene rings is 1. The molecule has 0 aromatic heterocycles. The first kappa shape index (κ1) is 16.0. The second-order valence-electron chi connectivity index (χ2n) is 6.19. The van der Waals surface area contributed by atoms with Gasteiger partial charge in [-0.25, -0.2) is 0 Å². The van der Waals surface area contributed by atoms with Crippen molar-refractivity contribution in [2.45, 2.75) is 34.6 Å². The summed E-state index contributed by atoms with van der Waals surface area (Å²) in [4.78, 5) is 2.42. The van der Waals surface area contributed by atoms with Gasteiger partial charge < -0.3 is 10.2 Å². The summed E-state index contributed by atoms with van der Waals surface area (Å²) in [6, 6.07) is 4.56. The van der Waals surface area contributed by atoms with Gasteiger partial charge in [0.15, 0.2) is 0 Å². The molecule has 1 aromatic carbocycles. The van der Waals surface area contributed by atoms with Crippen molar-refractivity contribution in [1.82, 2.24) is 5.32 Å². The van der Waals surface area contributed by atoms with E-state index in [0.29, 0.717) is 11.8 Å². The molecule has 0 bridgehead atoms. The highest BCUT2D eigenvalue weighted by Crippen LogP contribution is 2.26. The van der Waals surface area contributed by atoms with E-state index in [9.17, 15) is 0 Å². The Morgan fingerprint density at radius 2 is 1.63 bits per heavy atom. The third-order valence-corrected chi connectivity index (χ3v) is 3.93. The van der Waals surface area contributed by atoms with Crippen molar-refractivity contribution >= 4 is 5.69 Å². The number of hydrogen-bond acceptors (Lipinski definition) is 2. The Morgan fingerprint density at radius 1 is 1.11 bits per heavy atom. The summed E-state index contributed by atoms with van der Waals surface area (Å²) >= 11 is 0. The van der Waals surface area contributed by atoms with E-state index >= 15 is 0 Å². The molecule has 108 valence electrons. The van der Waals surface area contributed by atoms with Gasteiger partial charge in [-0.15, -0.1) is 0 Å². The average molecular weight is 262 g/mol. The maximum atomic E-state index is 3.32. The minimum Gasteiger partial charge on any atom is -0.374 e. The third kappa shape index (κ3) is 4.24. The summed E-state index contributed by atoms with van der Waals surface area (Å²) in [7, 11) is 4.26. The van der Waals surface area contributed by atoms with Crippen LogP contribution in [0.3, 0.4) is 0 Å². The van der Waals surface area contributed by atoms with Crippen molar-refractivity contribution in [3.8, 4) is 0 Å². The molecule has 2 heteroatoms. The fourth-order valence-corrected chi connectivity index (χ4v) is 2.99. The van der Waals surface area contributed by atoms with Crippen LogP contribution in [0.15, 0.2) is 12.1 Å². The van der Waals surface area contributed by atoms with E-state index in [-0.39, 0.29) is 0 Å². The zero-order chi connectivity index (χ0) is 14.6. The number of aryl methyl sites for hydroxylation is 3. The predicted octanol–water partition coefficient (Wildman–Crippen LogP) is 3.54. The van der Waals surface area contributed by atoms with E-state index in [4.69, 9.17) is 0 Å². The standard InChI is InChI=1S/C17H30N2/c1-12(2)16(10-18-6)11-19(7)17-14(4)8-13(3)9-15(17)5/h8-9,12,16,18H,10-11H2,1-7H3. The first-order chi connectivity index (χ1) is 8.86. The molecule has 0 aliphatic rings. The Bertz CT molecular complexity index is 387. The summed E-state index contributed by atoms with van der Waals surface area (Å²) < 4.78 is 0. The Labute approximate surface area is 119 Å². The lowest BCUT2D eigenvalue weighted by Crippen LogP contribution is -2.35. The monoisotopic (exact) mass is 262 g/mol. The van der Waals surface area contributed by atoms with Crippen molar-refractivity contribution in [1.29, 1.82) is 0 Å². The summed E-state index contributed by atoms with van der Waals surface area (Å²) in [5.74, 6) is 1.37. The van der Waals surface area contributed by atoms with Crippen molar-refractivity contribution in [3.05, 3.63) is 28.8 Å². The molecule has 1 N–H and O–H groups in total. The topological polar surface area (TPSA) is 15.3 Å². The quantitative estimate of drug-likeness (QED) is 0.843. The van der Waals surface area contributed by atoms with Crippen LogP contribution in [0.1, 0.15) is 30.5 Å². The van der Waals surface area contributed by atoms with Crippen LogP contribution < -0.4 is 10.2 Å². The SMILES string of the molecule is CNCC(CN(C)c1c(C)cc(C)cc1C)C(C)C. The zero-order valence-corrected chi connectivity index (χ0v) is 13.7. The van der Waals surface area contributed by atoms with Gasteiger partial charge in [0, 0.05) is 19.3 Å². The number of hydrogen-bond donors (Lipinski definition) is 1. The summed E-state index contributed by atoms with van der Waals surface area (Å²) in [5, 5.41) is 3.32. The fraction of sp³-hybridized carbons (Fsp3) is 0.647. The first-order valence-corrected chi connectivity index (χ1v) is 7.30. The van der Waals surface area contributed by atoms with Crippen molar-refractivity contribution in [2.24, 2.45) is 11.8 Å². The molecule has 0 amide bonds. The van der Waals surface area contributed by atoms with Crippen LogP contribution in [0.5, 0.6) is 0 Å². The molecule has 0 aliphatic carbocycles. The van der Waals surface area contributed by atoms with E-state index in [1.54, 1.807) is 0 Å². The van der Waals surface area contributed by atoms with Crippen molar-refractivity contribution in [2.75, 3.05) is 32.1 Å². The van der Waals surface area contributed by atoms with Gasteiger partial charge in [-0.1, -0.05) is 31.5 Å². The molecule has 2 nitrogen and oxygen atoms in total. The number of anilines is 1. The molecule has 1 atom stereocenters. The van der Waals surface area contributed by atoms with Gasteiger partial charge in [0.25, 0.3) is 0 Å². The Morgan fingerprint density at radius 3 is 2.05 bits per heavy atom. The van der Waals surface area contributed by atoms with Gasteiger partial charge in [-0.3, -0.25) is 0 Å². The van der Waals surface area contributed by atoms with Crippen LogP contribution in [0.25, 0.3) is 0 Å². The second kappa shape index (κ2) is 6.95. The maximum Gasteiger partial charge on any atom is 0.0423 e. The summed E-state index contributed by atoms with van der Waals surface area (Å²) in [6.07, 6.45) is 0. The lowest BCUT2D eigenvalue weighted by molar-refractivity contribution is 0.376. The molecule has 0 aliphatic heterocycles. The number of rotatable bonds is 6. The van der Waals surface area contributed by atoms with Gasteiger partial charge in [0.2, 0.25) is 0 Å². The fourth-order valence-electron chi connectivity index (χ4n) is 2.99. The number of nitrogens with zero attached hydrogens (tertiary/aromatic N) is 1. The van der Waals surface area contributed by atoms with Crippen LogP contribution in [0, 0.1) is 32.6 Å². The maximum absolute atomic E-state index is 3.32. The lowest BCUT2D eigenvalue weighted by atomic mass is 9.94. The van der Waals surface area contributed by atoms with Gasteiger partial charge in [-0.2, -0.15) is 0 Å². The second-order valence-corrected chi connectivity index (χ2v) is 6.19. The molecule has 0 heterocycles. The van der Waals surface area contributed by atoms with Crippen molar-refractivity contribution < 1.29 is 0 Å². The predicted molar refractivity (Wildman–Crippen MR) is 86.2 cm³/mol. The normalized spacial score (nSPS) is 12.8. The molecule has 19 heavy (non-hydrogen) atoms. The van der Waals surface area contributed by atoms with Crippen LogP contribution in [0.4, 0.5) is 5.69 Å². The molecule has 0 saturated carbocycles. The zero-order valence-electron chi connectivity index (χ0n) is 13.7. The third-order valence-electron chi connectivity index (χ3n) is 3.93. The molecule has 1 aromatic rings. The van der Waals surface area contributed by atoms with Crippen molar-refractivity contribution in [3.63, 3.8) is 0 Å². The molecular weight excluding hydrogens is 232 g/mol. The Hall–Kier alpha value is -1.02.